The van der Waals surface area contributed by atoms with Crippen LogP contribution in [0.2, 0.25) is 0 Å². The molecule has 8 saturated heterocycles. The van der Waals surface area contributed by atoms with Gasteiger partial charge in [0.1, 0.15) is 183 Å². The first-order valence-electron chi connectivity index (χ1n) is 29.3. The summed E-state index contributed by atoms with van der Waals surface area (Å²) in [5, 5.41) is 249. The maximum absolute atomic E-state index is 11.4. The third-order valence-corrected chi connectivity index (χ3v) is 17.5. The van der Waals surface area contributed by atoms with E-state index in [-0.39, 0.29) is 0 Å². The third kappa shape index (κ3) is 15.5. The highest BCUT2D eigenvalue weighted by Crippen LogP contribution is 2.39. The quantitative estimate of drug-likeness (QED) is 0.0427. The largest absolute Gasteiger partial charge is 0.394 e. The van der Waals surface area contributed by atoms with Crippen LogP contribution in [-0.2, 0) is 80.5 Å². The van der Waals surface area contributed by atoms with Crippen LogP contribution < -0.4 is 0 Å². The van der Waals surface area contributed by atoms with Gasteiger partial charge in [0, 0.05) is 20.1 Å². The van der Waals surface area contributed by atoms with E-state index < -0.39 is 298 Å². The first kappa shape index (κ1) is 75.2. The molecule has 0 aliphatic carbocycles. The Morgan fingerprint density at radius 3 is 0.549 bits per heavy atom. The molecule has 40 heteroatoms. The molecule has 8 aliphatic rings. The van der Waals surface area contributed by atoms with E-state index in [1.165, 1.54) is 21.1 Å². The molecule has 0 radical (unpaired) electrons. The monoisotopic (exact) mass is 1340 g/mol. The molecule has 0 amide bonds. The van der Waals surface area contributed by atoms with E-state index in [1.807, 2.05) is 0 Å². The van der Waals surface area contributed by atoms with Gasteiger partial charge in [0.2, 0.25) is 0 Å². The number of ether oxygens (including phenoxy) is 17. The zero-order valence-corrected chi connectivity index (χ0v) is 49.0. The molecule has 0 saturated carbocycles. The first-order chi connectivity index (χ1) is 43.3. The molecule has 0 spiro atoms. The van der Waals surface area contributed by atoms with Crippen molar-refractivity contribution < 1.29 is 198 Å². The van der Waals surface area contributed by atoms with Crippen LogP contribution in [0.3, 0.4) is 0 Å². The van der Waals surface area contributed by atoms with Gasteiger partial charge in [0.05, 0.1) is 59.0 Å². The molecule has 8 fully saturated rings. The summed E-state index contributed by atoms with van der Waals surface area (Å²) in [4.78, 5) is 0. The summed E-state index contributed by atoms with van der Waals surface area (Å²) in [6, 6.07) is 0. The van der Waals surface area contributed by atoms with Crippen LogP contribution >= 0.6 is 0 Å². The lowest BCUT2D eigenvalue weighted by Gasteiger charge is -2.50. The van der Waals surface area contributed by atoms with Crippen LogP contribution in [0.15, 0.2) is 0 Å². The summed E-state index contributed by atoms with van der Waals surface area (Å²) < 4.78 is 95.5. The number of methoxy groups -OCH3 is 2. The van der Waals surface area contributed by atoms with Crippen LogP contribution in [0, 0.1) is 5.92 Å². The van der Waals surface area contributed by atoms with Crippen molar-refractivity contribution in [3.8, 4) is 0 Å². The molecule has 532 valence electrons. The second-order valence-corrected chi connectivity index (χ2v) is 23.2. The zero-order valence-electron chi connectivity index (χ0n) is 49.0. The minimum absolute atomic E-state index is 0.666. The van der Waals surface area contributed by atoms with Gasteiger partial charge in [0.15, 0.2) is 50.3 Å². The van der Waals surface area contributed by atoms with Crippen molar-refractivity contribution in [3.63, 3.8) is 0 Å². The van der Waals surface area contributed by atoms with Crippen molar-refractivity contribution in [2.75, 3.05) is 67.1 Å². The van der Waals surface area contributed by atoms with Crippen LogP contribution in [0.4, 0.5) is 0 Å². The molecule has 0 bridgehead atoms. The number of hydrogen-bond donors (Lipinski definition) is 23. The Bertz CT molecular complexity index is 2010. The highest BCUT2D eigenvalue weighted by molar-refractivity contribution is 5.02. The molecule has 23 N–H and O–H groups in total. The molecule has 8 aliphatic heterocycles. The SMILES string of the molecule is COC1C(CO)OC(OC2OC(CO)C(OC3C(CO)OC(OC4OC(CO)C(OC5C(CO)OC(OC6OC(CO)C(OC7C(CO)OC(OC8OC(CO)C(OC)C(O)C8O)C(O)C7O)C(O)C6O)C(O)C5O)C(O)C4O)C(O)C3O)C(C)C2O)C(O)C1O. The highest BCUT2D eigenvalue weighted by atomic mass is 16.8. The molecular formula is C51H88O40. The number of rotatable bonds is 24. The van der Waals surface area contributed by atoms with Crippen LogP contribution in [0.25, 0.3) is 0 Å². The summed E-state index contributed by atoms with van der Waals surface area (Å²) in [5.74, 6) is -1.09. The van der Waals surface area contributed by atoms with E-state index >= 15 is 0 Å². The van der Waals surface area contributed by atoms with Gasteiger partial charge in [-0.15, -0.1) is 0 Å². The van der Waals surface area contributed by atoms with Gasteiger partial charge >= 0.3 is 0 Å². The Hall–Kier alpha value is -1.60. The Kier molecular flexibility index (Phi) is 27.1. The first-order valence-corrected chi connectivity index (χ1v) is 29.3. The summed E-state index contributed by atoms with van der Waals surface area (Å²) in [7, 11) is 2.39. The van der Waals surface area contributed by atoms with Gasteiger partial charge < -0.3 is 198 Å². The number of aliphatic hydroxyl groups excluding tert-OH is 23. The predicted molar refractivity (Wildman–Crippen MR) is 277 cm³/mol. The lowest BCUT2D eigenvalue weighted by Crippen LogP contribution is -2.68. The number of hydrogen-bond acceptors (Lipinski definition) is 40. The van der Waals surface area contributed by atoms with E-state index in [4.69, 9.17) is 80.5 Å². The molecule has 0 aromatic carbocycles. The van der Waals surface area contributed by atoms with E-state index in [2.05, 4.69) is 0 Å². The Balaban J connectivity index is 0.848. The maximum atomic E-state index is 11.4. The standard InChI is InChI=1S/C51H88O40/c1-12-21(60)44(88-45-29(68)22(61)37(75-2)14(5-53)78-45)77-13(4-52)36(12)85-39-16(7-55)80-47(31(70)24(39)63)90-49-33(72)26(65)41(18(9-57)82-49)87-43-20(11-59)84-51(35(74)28(43)67)91-50-34(73)27(66)42(19(10-58)83-50)86-40-17(8-56)81-48(32(71)25(40)64)89-46-30(69)23(62)38(76-3)15(6-54)79-46/h12-74H,4-11H2,1-3H3. The molecule has 0 aromatic rings. The Morgan fingerprint density at radius 2 is 0.363 bits per heavy atom. The second kappa shape index (κ2) is 32.8. The van der Waals surface area contributed by atoms with Crippen molar-refractivity contribution >= 4 is 0 Å². The van der Waals surface area contributed by atoms with Crippen molar-refractivity contribution in [1.82, 2.24) is 0 Å². The van der Waals surface area contributed by atoms with Crippen molar-refractivity contribution in [1.29, 1.82) is 0 Å². The molecule has 91 heavy (non-hydrogen) atoms. The van der Waals surface area contributed by atoms with E-state index in [9.17, 15) is 117 Å². The average Bonchev–Trinajstić information content (AvgIpc) is 1.47. The molecule has 40 nitrogen and oxygen atoms in total. The summed E-state index contributed by atoms with van der Waals surface area (Å²) >= 11 is 0. The van der Waals surface area contributed by atoms with Crippen LogP contribution in [0.5, 0.6) is 0 Å². The van der Waals surface area contributed by atoms with Gasteiger partial charge in [0.25, 0.3) is 0 Å². The number of aliphatic hydroxyl groups is 23. The second-order valence-electron chi connectivity index (χ2n) is 23.2. The molecule has 40 unspecified atom stereocenters. The van der Waals surface area contributed by atoms with Gasteiger partial charge in [-0.3, -0.25) is 0 Å². The fraction of sp³-hybridized carbons (Fsp3) is 1.00. The smallest absolute Gasteiger partial charge is 0.189 e. The van der Waals surface area contributed by atoms with Crippen LogP contribution in [-0.4, -0.2) is 424 Å². The van der Waals surface area contributed by atoms with Gasteiger partial charge in [-0.1, -0.05) is 6.92 Å². The molecule has 8 rings (SSSR count). The normalized spacial score (nSPS) is 52.7. The summed E-state index contributed by atoms with van der Waals surface area (Å²) in [6.07, 6.45) is -70.7. The van der Waals surface area contributed by atoms with Gasteiger partial charge in [-0.05, 0) is 0 Å². The maximum Gasteiger partial charge on any atom is 0.189 e. The summed E-state index contributed by atoms with van der Waals surface area (Å²) in [5.41, 5.74) is 0. The van der Waals surface area contributed by atoms with Crippen molar-refractivity contribution in [2.24, 2.45) is 5.92 Å². The van der Waals surface area contributed by atoms with Crippen LogP contribution in [0.1, 0.15) is 6.92 Å². The van der Waals surface area contributed by atoms with Crippen molar-refractivity contribution in [3.05, 3.63) is 0 Å². The van der Waals surface area contributed by atoms with Gasteiger partial charge in [-0.25, -0.2) is 0 Å². The molecular weight excluding hydrogens is 1250 g/mol. The summed E-state index contributed by atoms with van der Waals surface area (Å²) in [6.45, 7) is -5.92. The van der Waals surface area contributed by atoms with E-state index in [1.54, 1.807) is 0 Å². The minimum atomic E-state index is -2.24. The average molecular weight is 1340 g/mol. The fourth-order valence-corrected chi connectivity index (χ4v) is 12.2. The van der Waals surface area contributed by atoms with E-state index in [0.29, 0.717) is 0 Å². The molecule has 8 heterocycles. The predicted octanol–water partition coefficient (Wildman–Crippen LogP) is -15.9. The molecule has 0 aromatic heterocycles. The minimum Gasteiger partial charge on any atom is -0.394 e. The highest BCUT2D eigenvalue weighted by Gasteiger charge is 2.59. The lowest BCUT2D eigenvalue weighted by molar-refractivity contribution is -0.403. The van der Waals surface area contributed by atoms with Crippen molar-refractivity contribution in [2.45, 2.75) is 246 Å². The lowest BCUT2D eigenvalue weighted by atomic mass is 9.89. The fourth-order valence-electron chi connectivity index (χ4n) is 12.2. The molecule has 40 atom stereocenters. The van der Waals surface area contributed by atoms with Gasteiger partial charge in [-0.2, -0.15) is 0 Å². The Morgan fingerprint density at radius 1 is 0.209 bits per heavy atom. The zero-order chi connectivity index (χ0) is 66.8. The van der Waals surface area contributed by atoms with E-state index in [0.717, 1.165) is 0 Å². The Labute approximate surface area is 516 Å². The topological polar surface area (TPSA) is 622 Å². The third-order valence-electron chi connectivity index (χ3n) is 17.5.